The normalized spacial score (nSPS) is 11.2. The number of ether oxygens (including phenoxy) is 2. The number of pyridine rings is 1. The lowest BCUT2D eigenvalue weighted by molar-refractivity contribution is 0.0528. The van der Waals surface area contributed by atoms with Crippen molar-refractivity contribution in [2.75, 3.05) is 13.7 Å². The largest absolute Gasteiger partial charge is 0.480 e. The Labute approximate surface area is 178 Å². The van der Waals surface area contributed by atoms with Crippen molar-refractivity contribution in [3.05, 3.63) is 40.8 Å². The summed E-state index contributed by atoms with van der Waals surface area (Å²) in [5.74, 6) is -0.152. The summed E-state index contributed by atoms with van der Waals surface area (Å²) in [5, 5.41) is 9.82. The number of rotatable bonds is 6. The fourth-order valence-electron chi connectivity index (χ4n) is 3.59. The van der Waals surface area contributed by atoms with Gasteiger partial charge in [0.15, 0.2) is 4.88 Å². The molecular weight excluding hydrogens is 402 g/mol. The molecule has 8 nitrogen and oxygen atoms in total. The van der Waals surface area contributed by atoms with E-state index in [2.05, 4.69) is 29.0 Å². The number of hydrogen-bond donors (Lipinski definition) is 0. The van der Waals surface area contributed by atoms with Gasteiger partial charge in [0.05, 0.1) is 31.1 Å². The number of thiazole rings is 1. The van der Waals surface area contributed by atoms with Crippen molar-refractivity contribution in [2.24, 2.45) is 0 Å². The summed E-state index contributed by atoms with van der Waals surface area (Å²) in [6.07, 6.45) is 3.75. The first-order chi connectivity index (χ1) is 14.5. The Morgan fingerprint density at radius 1 is 1.27 bits per heavy atom. The van der Waals surface area contributed by atoms with Gasteiger partial charge in [-0.1, -0.05) is 0 Å². The third-order valence-electron chi connectivity index (χ3n) is 4.97. The van der Waals surface area contributed by atoms with Crippen molar-refractivity contribution in [3.63, 3.8) is 0 Å². The Bertz CT molecular complexity index is 1240. The zero-order valence-electron chi connectivity index (χ0n) is 17.6. The molecule has 0 unspecified atom stereocenters. The Morgan fingerprint density at radius 2 is 2.07 bits per heavy atom. The number of hydrogen-bond acceptors (Lipinski definition) is 7. The third kappa shape index (κ3) is 3.24. The molecule has 0 saturated heterocycles. The van der Waals surface area contributed by atoms with Crippen LogP contribution in [-0.4, -0.2) is 44.1 Å². The number of esters is 1. The summed E-state index contributed by atoms with van der Waals surface area (Å²) < 4.78 is 14.2. The van der Waals surface area contributed by atoms with E-state index < -0.39 is 5.97 Å². The molecule has 156 valence electrons. The van der Waals surface area contributed by atoms with Crippen LogP contribution in [0.15, 0.2) is 24.5 Å². The van der Waals surface area contributed by atoms with Gasteiger partial charge in [0.2, 0.25) is 5.88 Å². The fourth-order valence-corrected chi connectivity index (χ4v) is 4.52. The fraction of sp³-hybridized carbons (Fsp3) is 0.333. The van der Waals surface area contributed by atoms with Crippen molar-refractivity contribution in [1.29, 1.82) is 0 Å². The number of aromatic nitrogens is 5. The summed E-state index contributed by atoms with van der Waals surface area (Å²) in [7, 11) is 1.50. The molecule has 0 aliphatic carbocycles. The van der Waals surface area contributed by atoms with Crippen LogP contribution in [0.5, 0.6) is 5.88 Å². The number of fused-ring (bicyclic) bond motifs is 1. The van der Waals surface area contributed by atoms with E-state index in [1.165, 1.54) is 18.4 Å². The quantitative estimate of drug-likeness (QED) is 0.432. The maximum absolute atomic E-state index is 12.2. The second-order valence-electron chi connectivity index (χ2n) is 6.74. The van der Waals surface area contributed by atoms with Crippen molar-refractivity contribution in [1.82, 2.24) is 24.4 Å². The molecule has 0 aliphatic rings. The first-order valence-electron chi connectivity index (χ1n) is 9.72. The maximum Gasteiger partial charge on any atom is 0.354 e. The molecule has 0 bridgehead atoms. The van der Waals surface area contributed by atoms with Crippen molar-refractivity contribution >= 4 is 22.8 Å². The molecule has 0 amide bonds. The van der Waals surface area contributed by atoms with Gasteiger partial charge in [-0.2, -0.15) is 10.2 Å². The summed E-state index contributed by atoms with van der Waals surface area (Å²) >= 11 is 1.26. The molecule has 0 aliphatic heterocycles. The molecule has 0 radical (unpaired) electrons. The topological polar surface area (TPSA) is 83.5 Å². The van der Waals surface area contributed by atoms with Crippen molar-refractivity contribution in [3.8, 4) is 27.6 Å². The van der Waals surface area contributed by atoms with Crippen LogP contribution in [0.2, 0.25) is 0 Å². The minimum atomic E-state index is -0.428. The van der Waals surface area contributed by atoms with Crippen LogP contribution in [0.1, 0.15) is 34.9 Å². The van der Waals surface area contributed by atoms with Crippen molar-refractivity contribution in [2.45, 2.75) is 34.2 Å². The van der Waals surface area contributed by atoms with E-state index in [9.17, 15) is 4.79 Å². The highest BCUT2D eigenvalue weighted by molar-refractivity contribution is 7.17. The zero-order chi connectivity index (χ0) is 21.4. The number of nitrogens with zero attached hydrogens (tertiary/aromatic N) is 5. The molecule has 4 heterocycles. The highest BCUT2D eigenvalue weighted by atomic mass is 32.1. The highest BCUT2D eigenvalue weighted by Gasteiger charge is 2.22. The molecule has 30 heavy (non-hydrogen) atoms. The van der Waals surface area contributed by atoms with Crippen molar-refractivity contribution < 1.29 is 14.3 Å². The predicted molar refractivity (Wildman–Crippen MR) is 115 cm³/mol. The number of methoxy groups -OCH3 is 1. The Balaban J connectivity index is 1.83. The van der Waals surface area contributed by atoms with E-state index >= 15 is 0 Å². The Hall–Kier alpha value is -3.20. The minimum Gasteiger partial charge on any atom is -0.480 e. The Kier molecular flexibility index (Phi) is 5.29. The van der Waals surface area contributed by atoms with Gasteiger partial charge in [-0.05, 0) is 39.8 Å². The van der Waals surface area contributed by atoms with Gasteiger partial charge >= 0.3 is 5.97 Å². The molecular formula is C21H23N5O3S. The molecule has 0 saturated carbocycles. The van der Waals surface area contributed by atoms with Gasteiger partial charge in [0.1, 0.15) is 5.01 Å². The van der Waals surface area contributed by atoms with Crippen LogP contribution < -0.4 is 4.74 Å². The van der Waals surface area contributed by atoms with Gasteiger partial charge in [-0.15, -0.1) is 11.3 Å². The third-order valence-corrected chi connectivity index (χ3v) is 6.03. The maximum atomic E-state index is 12.2. The van der Waals surface area contributed by atoms with Crippen LogP contribution >= 0.6 is 11.3 Å². The average molecular weight is 426 g/mol. The van der Waals surface area contributed by atoms with E-state index in [1.807, 2.05) is 40.6 Å². The van der Waals surface area contributed by atoms with Gasteiger partial charge < -0.3 is 9.47 Å². The van der Waals surface area contributed by atoms with Crippen LogP contribution in [0.3, 0.4) is 0 Å². The van der Waals surface area contributed by atoms with E-state index in [-0.39, 0.29) is 5.88 Å². The standard InChI is InChI=1S/C21H23N5O3S/c1-6-25-13(4)17(12(3)24-25)15-11-22-26-9-8-14(10-16(15)26)20-23-19(28-5)18(30-20)21(27)29-7-2/h8-11H,6-7H2,1-5H3. The first-order valence-corrected chi connectivity index (χ1v) is 10.5. The van der Waals surface area contributed by atoms with Crippen LogP contribution in [0, 0.1) is 13.8 Å². The lowest BCUT2D eigenvalue weighted by Crippen LogP contribution is -2.04. The van der Waals surface area contributed by atoms with E-state index in [4.69, 9.17) is 9.47 Å². The summed E-state index contributed by atoms with van der Waals surface area (Å²) in [4.78, 5) is 17.1. The molecule has 0 spiro atoms. The predicted octanol–water partition coefficient (Wildman–Crippen LogP) is 4.14. The SMILES string of the molecule is CCOC(=O)c1sc(-c2ccn3ncc(-c4c(C)nn(CC)c4C)c3c2)nc1OC. The van der Waals surface area contributed by atoms with Crippen LogP contribution in [-0.2, 0) is 11.3 Å². The lowest BCUT2D eigenvalue weighted by atomic mass is 10.0. The zero-order valence-corrected chi connectivity index (χ0v) is 18.4. The highest BCUT2D eigenvalue weighted by Crippen LogP contribution is 2.36. The van der Waals surface area contributed by atoms with E-state index in [0.717, 1.165) is 40.1 Å². The molecule has 0 N–H and O–H groups in total. The molecule has 4 aromatic rings. The number of aryl methyl sites for hydroxylation is 2. The van der Waals surface area contributed by atoms with Gasteiger partial charge in [0.25, 0.3) is 0 Å². The molecule has 4 aromatic heterocycles. The number of carbonyl (C=O) groups is 1. The average Bonchev–Trinajstić information content (AvgIpc) is 3.43. The second kappa shape index (κ2) is 7.91. The molecule has 0 fully saturated rings. The number of carbonyl (C=O) groups excluding carboxylic acids is 1. The first kappa shape index (κ1) is 20.1. The van der Waals surface area contributed by atoms with Gasteiger partial charge in [0, 0.05) is 35.1 Å². The summed E-state index contributed by atoms with van der Waals surface area (Å²) in [5.41, 5.74) is 6.00. The van der Waals surface area contributed by atoms with Gasteiger partial charge in [-0.25, -0.2) is 14.3 Å². The monoisotopic (exact) mass is 425 g/mol. The van der Waals surface area contributed by atoms with E-state index in [0.29, 0.717) is 16.5 Å². The molecule has 9 heteroatoms. The second-order valence-corrected chi connectivity index (χ2v) is 7.74. The van der Waals surface area contributed by atoms with Crippen LogP contribution in [0.4, 0.5) is 0 Å². The van der Waals surface area contributed by atoms with Crippen LogP contribution in [0.25, 0.3) is 27.2 Å². The smallest absolute Gasteiger partial charge is 0.354 e. The van der Waals surface area contributed by atoms with Gasteiger partial charge in [-0.3, -0.25) is 4.68 Å². The molecule has 0 aromatic carbocycles. The minimum absolute atomic E-state index is 0.276. The summed E-state index contributed by atoms with van der Waals surface area (Å²) in [6.45, 7) is 9.04. The lowest BCUT2D eigenvalue weighted by Gasteiger charge is -2.03. The molecule has 0 atom stereocenters. The van der Waals surface area contributed by atoms with E-state index in [1.54, 1.807) is 6.92 Å². The Morgan fingerprint density at radius 3 is 2.73 bits per heavy atom. The molecule has 4 rings (SSSR count). The summed E-state index contributed by atoms with van der Waals surface area (Å²) in [6, 6.07) is 3.95.